The van der Waals surface area contributed by atoms with Gasteiger partial charge in [-0.2, -0.15) is 4.40 Å². The molecule has 4 heteroatoms. The van der Waals surface area contributed by atoms with Crippen LogP contribution in [0.3, 0.4) is 0 Å². The second-order valence-corrected chi connectivity index (χ2v) is 3.57. The predicted molar refractivity (Wildman–Crippen MR) is 29.1 cm³/mol. The third-order valence-corrected chi connectivity index (χ3v) is 2.48. The molecule has 0 bridgehead atoms. The van der Waals surface area contributed by atoms with Crippen LogP contribution in [0, 0.1) is 0 Å². The molecule has 34 valence electrons. The quantitative estimate of drug-likeness (QED) is 0.434. The van der Waals surface area contributed by atoms with Gasteiger partial charge in [-0.1, -0.05) is 0 Å². The van der Waals surface area contributed by atoms with E-state index in [1.54, 1.807) is 6.21 Å². The van der Waals surface area contributed by atoms with E-state index in [1.165, 1.54) is 10.8 Å². The molecule has 0 saturated heterocycles. The van der Waals surface area contributed by atoms with Gasteiger partial charge >= 0.3 is 0 Å². The zero-order valence-electron chi connectivity index (χ0n) is 2.96. The van der Waals surface area contributed by atoms with Crippen LogP contribution in [0.4, 0.5) is 0 Å². The van der Waals surface area contributed by atoms with Crippen molar-refractivity contribution in [1.82, 2.24) is 0 Å². The van der Waals surface area contributed by atoms with E-state index in [2.05, 4.69) is 4.40 Å². The average molecular weight is 121 g/mol. The summed E-state index contributed by atoms with van der Waals surface area (Å²) >= 11 is 0. The lowest BCUT2D eigenvalue weighted by molar-refractivity contribution is 0.693. The number of hydrogen-bond donors (Lipinski definition) is 0. The molecule has 0 N–H and O–H groups in total. The van der Waals surface area contributed by atoms with Crippen LogP contribution in [-0.4, -0.2) is 16.2 Å². The highest BCUT2D eigenvalue weighted by atomic mass is 33.1. The molecule has 0 aromatic carbocycles. The van der Waals surface area contributed by atoms with Gasteiger partial charge in [0.1, 0.15) is 0 Å². The van der Waals surface area contributed by atoms with Gasteiger partial charge in [0.05, 0.1) is 0 Å². The first kappa shape index (κ1) is 4.33. The lowest BCUT2D eigenvalue weighted by Crippen LogP contribution is -1.63. The topological polar surface area (TPSA) is 29.4 Å². The molecule has 1 rings (SSSR count). The summed E-state index contributed by atoms with van der Waals surface area (Å²) in [5.41, 5.74) is 0. The Morgan fingerprint density at radius 2 is 2.83 bits per heavy atom. The minimum atomic E-state index is -0.937. The van der Waals surface area contributed by atoms with Crippen molar-refractivity contribution in [3.63, 3.8) is 0 Å². The highest BCUT2D eigenvalue weighted by Gasteiger charge is 1.99. The molecule has 1 heterocycles. The molecule has 6 heavy (non-hydrogen) atoms. The summed E-state index contributed by atoms with van der Waals surface area (Å²) in [5.74, 6) is 0.812. The molecule has 0 fully saturated rings. The Kier molecular flexibility index (Phi) is 1.26. The smallest absolute Gasteiger partial charge is 0.201 e. The molecule has 0 amide bonds. The van der Waals surface area contributed by atoms with E-state index < -0.39 is 10.0 Å². The van der Waals surface area contributed by atoms with Crippen LogP contribution in [0.25, 0.3) is 0 Å². The Labute approximate surface area is 42.0 Å². The van der Waals surface area contributed by atoms with Crippen molar-refractivity contribution in [3.8, 4) is 0 Å². The van der Waals surface area contributed by atoms with Crippen molar-refractivity contribution in [1.29, 1.82) is 0 Å². The van der Waals surface area contributed by atoms with Gasteiger partial charge in [-0.15, -0.1) is 0 Å². The Bertz CT molecular complexity index is 99.7. The van der Waals surface area contributed by atoms with Gasteiger partial charge in [0, 0.05) is 12.0 Å². The molecule has 2 nitrogen and oxygen atoms in total. The molecule has 0 aliphatic carbocycles. The summed E-state index contributed by atoms with van der Waals surface area (Å²) in [6, 6.07) is 0. The summed E-state index contributed by atoms with van der Waals surface area (Å²) < 4.78 is 13.7. The highest BCUT2D eigenvalue weighted by molar-refractivity contribution is 8.69. The number of hydrogen-bond acceptors (Lipinski definition) is 2. The minimum Gasteiger partial charge on any atom is -0.223 e. The lowest BCUT2D eigenvalue weighted by atomic mass is 10.9. The summed E-state index contributed by atoms with van der Waals surface area (Å²) in [4.78, 5) is 0. The molecule has 0 aromatic rings. The molecule has 0 saturated carbocycles. The van der Waals surface area contributed by atoms with Crippen LogP contribution >= 0.6 is 10.8 Å². The first-order valence-corrected chi connectivity index (χ1v) is 4.08. The molecular weight excluding hydrogens is 118 g/mol. The second kappa shape index (κ2) is 1.75. The predicted octanol–water partition coefficient (Wildman–Crippen LogP) is 0.383. The zero-order chi connectivity index (χ0) is 4.41. The van der Waals surface area contributed by atoms with Crippen molar-refractivity contribution in [2.75, 3.05) is 5.75 Å². The molecule has 1 aliphatic rings. The fraction of sp³-hybridized carbons (Fsp3) is 0.500. The Morgan fingerprint density at radius 3 is 3.00 bits per heavy atom. The van der Waals surface area contributed by atoms with Crippen molar-refractivity contribution in [2.45, 2.75) is 0 Å². The standard InChI is InChI=1S/C2H3NOS2/c4-6-3-1-2-5-6/h1H,2H2. The molecule has 1 atom stereocenters. The highest BCUT2D eigenvalue weighted by Crippen LogP contribution is 2.11. The maximum atomic E-state index is 10.1. The van der Waals surface area contributed by atoms with E-state index >= 15 is 0 Å². The van der Waals surface area contributed by atoms with Gasteiger partial charge in [0.15, 0.2) is 0 Å². The van der Waals surface area contributed by atoms with Crippen molar-refractivity contribution in [2.24, 2.45) is 4.40 Å². The Hall–Kier alpha value is 0.170. The first-order chi connectivity index (χ1) is 2.89. The Morgan fingerprint density at radius 1 is 2.00 bits per heavy atom. The normalized spacial score (nSPS) is 31.7. The Balaban J connectivity index is 2.59. The van der Waals surface area contributed by atoms with Crippen LogP contribution in [0.1, 0.15) is 0 Å². The van der Waals surface area contributed by atoms with E-state index in [0.717, 1.165) is 5.75 Å². The summed E-state index contributed by atoms with van der Waals surface area (Å²) in [7, 11) is 0.410. The molecule has 1 aliphatic heterocycles. The maximum absolute atomic E-state index is 10.1. The summed E-state index contributed by atoms with van der Waals surface area (Å²) in [6.45, 7) is 0. The van der Waals surface area contributed by atoms with E-state index in [-0.39, 0.29) is 0 Å². The van der Waals surface area contributed by atoms with Crippen LogP contribution < -0.4 is 0 Å². The van der Waals surface area contributed by atoms with Gasteiger partial charge in [0.2, 0.25) is 10.0 Å². The van der Waals surface area contributed by atoms with E-state index in [9.17, 15) is 4.21 Å². The molecular formula is C2H3NOS2. The summed E-state index contributed by atoms with van der Waals surface area (Å²) in [6.07, 6.45) is 1.67. The SMILES string of the molecule is O=S1N=CCS1. The van der Waals surface area contributed by atoms with E-state index in [0.29, 0.717) is 0 Å². The minimum absolute atomic E-state index is 0.812. The molecule has 0 aromatic heterocycles. The van der Waals surface area contributed by atoms with Crippen LogP contribution in [0.2, 0.25) is 0 Å². The third kappa shape index (κ3) is 0.815. The zero-order valence-corrected chi connectivity index (χ0v) is 4.59. The second-order valence-electron chi connectivity index (χ2n) is 0.790. The van der Waals surface area contributed by atoms with Crippen LogP contribution in [0.15, 0.2) is 4.40 Å². The number of rotatable bonds is 0. The molecule has 0 spiro atoms. The molecule has 1 unspecified atom stereocenters. The van der Waals surface area contributed by atoms with Gasteiger partial charge in [-0.05, 0) is 10.8 Å². The van der Waals surface area contributed by atoms with E-state index in [1.807, 2.05) is 0 Å². The average Bonchev–Trinajstić information content (AvgIpc) is 1.86. The van der Waals surface area contributed by atoms with Crippen LogP contribution in [0.5, 0.6) is 0 Å². The van der Waals surface area contributed by atoms with Gasteiger partial charge in [0.25, 0.3) is 0 Å². The lowest BCUT2D eigenvalue weighted by Gasteiger charge is -1.71. The fourth-order valence-corrected chi connectivity index (χ4v) is 1.71. The molecule has 0 radical (unpaired) electrons. The van der Waals surface area contributed by atoms with Gasteiger partial charge < -0.3 is 0 Å². The van der Waals surface area contributed by atoms with Crippen molar-refractivity contribution < 1.29 is 4.21 Å². The van der Waals surface area contributed by atoms with Crippen LogP contribution in [-0.2, 0) is 10.0 Å². The summed E-state index contributed by atoms with van der Waals surface area (Å²) in [5, 5.41) is 0. The largest absolute Gasteiger partial charge is 0.223 e. The third-order valence-electron chi connectivity index (χ3n) is 0.404. The van der Waals surface area contributed by atoms with Gasteiger partial charge in [-0.3, -0.25) is 0 Å². The first-order valence-electron chi connectivity index (χ1n) is 1.47. The van der Waals surface area contributed by atoms with Crippen molar-refractivity contribution >= 4 is 27.0 Å². The number of nitrogens with zero attached hydrogens (tertiary/aromatic N) is 1. The van der Waals surface area contributed by atoms with E-state index in [4.69, 9.17) is 0 Å². The van der Waals surface area contributed by atoms with Crippen molar-refractivity contribution in [3.05, 3.63) is 0 Å². The fourth-order valence-electron chi connectivity index (χ4n) is 0.210. The maximum Gasteiger partial charge on any atom is 0.201 e. The van der Waals surface area contributed by atoms with Gasteiger partial charge in [-0.25, -0.2) is 4.21 Å². The monoisotopic (exact) mass is 121 g/mol.